The normalized spacial score (nSPS) is 10.5. The van der Waals surface area contributed by atoms with Crippen LogP contribution in [0.5, 0.6) is 5.75 Å². The molecule has 0 spiro atoms. The van der Waals surface area contributed by atoms with Crippen molar-refractivity contribution in [3.05, 3.63) is 61.5 Å². The van der Waals surface area contributed by atoms with Crippen LogP contribution < -0.4 is 4.74 Å². The van der Waals surface area contributed by atoms with E-state index < -0.39 is 0 Å². The van der Waals surface area contributed by atoms with Gasteiger partial charge in [0.1, 0.15) is 5.75 Å². The fourth-order valence-electron chi connectivity index (χ4n) is 1.87. The van der Waals surface area contributed by atoms with Gasteiger partial charge in [0.15, 0.2) is 12.4 Å². The van der Waals surface area contributed by atoms with Gasteiger partial charge in [-0.1, -0.05) is 40.9 Å². The summed E-state index contributed by atoms with van der Waals surface area (Å²) in [7, 11) is 0. The maximum Gasteiger partial charge on any atom is 0.200 e. The van der Waals surface area contributed by atoms with Crippen LogP contribution in [0.15, 0.2) is 34.8 Å². The number of benzene rings is 2. The second kappa shape index (κ2) is 6.82. The highest BCUT2D eigenvalue weighted by Crippen LogP contribution is 2.34. The summed E-state index contributed by atoms with van der Waals surface area (Å²) in [6.07, 6.45) is 0. The second-order valence-corrected chi connectivity index (χ2v) is 6.40. The van der Waals surface area contributed by atoms with Crippen molar-refractivity contribution >= 4 is 44.9 Å². The quantitative estimate of drug-likeness (QED) is 0.501. The summed E-state index contributed by atoms with van der Waals surface area (Å²) in [5.74, 6) is 0.301. The first-order valence-corrected chi connectivity index (χ1v) is 7.81. The molecule has 5 heteroatoms. The van der Waals surface area contributed by atoms with Gasteiger partial charge in [0.25, 0.3) is 0 Å². The van der Waals surface area contributed by atoms with Crippen molar-refractivity contribution in [1.29, 1.82) is 0 Å². The molecule has 0 atom stereocenters. The first-order chi connectivity index (χ1) is 9.88. The van der Waals surface area contributed by atoms with Crippen molar-refractivity contribution in [1.82, 2.24) is 0 Å². The largest absolute Gasteiger partial charge is 0.484 e. The van der Waals surface area contributed by atoms with Crippen molar-refractivity contribution in [2.24, 2.45) is 0 Å². The van der Waals surface area contributed by atoms with Crippen LogP contribution in [0.25, 0.3) is 0 Å². The third-order valence-electron chi connectivity index (χ3n) is 3.03. The summed E-state index contributed by atoms with van der Waals surface area (Å²) in [4.78, 5) is 12.2. The SMILES string of the molecule is Cc1ccc(C)c(C(=O)COc2cc(Cl)c(Br)cc2Cl)c1. The van der Waals surface area contributed by atoms with E-state index in [-0.39, 0.29) is 12.4 Å². The van der Waals surface area contributed by atoms with Crippen LogP contribution in [0.3, 0.4) is 0 Å². The van der Waals surface area contributed by atoms with E-state index in [0.29, 0.717) is 25.8 Å². The standard InChI is InChI=1S/C16H13BrCl2O2/c1-9-3-4-10(2)11(5-9)15(20)8-21-16-7-13(18)12(17)6-14(16)19/h3-7H,8H2,1-2H3. The topological polar surface area (TPSA) is 26.3 Å². The molecule has 0 aliphatic carbocycles. The molecule has 0 unspecified atom stereocenters. The molecule has 2 aromatic carbocycles. The number of hydrogen-bond donors (Lipinski definition) is 0. The number of carbonyl (C=O) groups excluding carboxylic acids is 1. The van der Waals surface area contributed by atoms with E-state index in [1.165, 1.54) is 0 Å². The van der Waals surface area contributed by atoms with E-state index in [4.69, 9.17) is 27.9 Å². The summed E-state index contributed by atoms with van der Waals surface area (Å²) < 4.78 is 6.18. The van der Waals surface area contributed by atoms with Crippen LogP contribution in [0, 0.1) is 13.8 Å². The number of halogens is 3. The van der Waals surface area contributed by atoms with E-state index >= 15 is 0 Å². The summed E-state index contributed by atoms with van der Waals surface area (Å²) >= 11 is 15.3. The molecule has 0 N–H and O–H groups in total. The Balaban J connectivity index is 2.15. The van der Waals surface area contributed by atoms with Gasteiger partial charge in [0.05, 0.1) is 10.0 Å². The van der Waals surface area contributed by atoms with Crippen LogP contribution in [0.1, 0.15) is 21.5 Å². The van der Waals surface area contributed by atoms with Crippen LogP contribution in [-0.4, -0.2) is 12.4 Å². The molecule has 110 valence electrons. The summed E-state index contributed by atoms with van der Waals surface area (Å²) in [6.45, 7) is 3.76. The number of Topliss-reactive ketones (excluding diaryl/α,β-unsaturated/α-hetero) is 1. The number of hydrogen-bond acceptors (Lipinski definition) is 2. The number of rotatable bonds is 4. The molecule has 0 heterocycles. The minimum Gasteiger partial charge on any atom is -0.484 e. The van der Waals surface area contributed by atoms with Gasteiger partial charge < -0.3 is 4.74 Å². The van der Waals surface area contributed by atoms with Crippen molar-refractivity contribution in [2.45, 2.75) is 13.8 Å². The molecule has 0 saturated heterocycles. The Labute approximate surface area is 142 Å². The summed E-state index contributed by atoms with van der Waals surface area (Å²) in [6, 6.07) is 8.98. The lowest BCUT2D eigenvalue weighted by molar-refractivity contribution is 0.0921. The molecule has 0 aliphatic heterocycles. The smallest absolute Gasteiger partial charge is 0.200 e. The van der Waals surface area contributed by atoms with Crippen molar-refractivity contribution < 1.29 is 9.53 Å². The van der Waals surface area contributed by atoms with E-state index in [1.54, 1.807) is 12.1 Å². The zero-order chi connectivity index (χ0) is 15.6. The lowest BCUT2D eigenvalue weighted by Crippen LogP contribution is -2.13. The second-order valence-electron chi connectivity index (χ2n) is 4.73. The predicted octanol–water partition coefficient (Wildman–Crippen LogP) is 5.63. The Morgan fingerprint density at radius 3 is 2.57 bits per heavy atom. The summed E-state index contributed by atoms with van der Waals surface area (Å²) in [5, 5.41) is 0.883. The highest BCUT2D eigenvalue weighted by atomic mass is 79.9. The van der Waals surface area contributed by atoms with Gasteiger partial charge in [-0.2, -0.15) is 0 Å². The molecule has 0 fully saturated rings. The molecule has 2 aromatic rings. The Kier molecular flexibility index (Phi) is 5.31. The number of ether oxygens (including phenoxy) is 1. The van der Waals surface area contributed by atoms with Crippen LogP contribution >= 0.6 is 39.1 Å². The molecule has 0 radical (unpaired) electrons. The molecule has 0 aliphatic rings. The average Bonchev–Trinajstić information content (AvgIpc) is 2.43. The van der Waals surface area contributed by atoms with Crippen molar-refractivity contribution in [3.8, 4) is 5.75 Å². The van der Waals surface area contributed by atoms with Crippen LogP contribution in [0.2, 0.25) is 10.0 Å². The molecule has 2 rings (SSSR count). The molecule has 0 bridgehead atoms. The molecule has 0 saturated carbocycles. The molecule has 21 heavy (non-hydrogen) atoms. The third kappa shape index (κ3) is 4.00. The van der Waals surface area contributed by atoms with E-state index in [2.05, 4.69) is 15.9 Å². The highest BCUT2D eigenvalue weighted by molar-refractivity contribution is 9.10. The lowest BCUT2D eigenvalue weighted by Gasteiger charge is -2.10. The van der Waals surface area contributed by atoms with E-state index in [0.717, 1.165) is 11.1 Å². The zero-order valence-electron chi connectivity index (χ0n) is 11.5. The maximum atomic E-state index is 12.2. The van der Waals surface area contributed by atoms with Gasteiger partial charge in [-0.15, -0.1) is 0 Å². The molecule has 2 nitrogen and oxygen atoms in total. The van der Waals surface area contributed by atoms with Crippen LogP contribution in [0.4, 0.5) is 0 Å². The Morgan fingerprint density at radius 2 is 1.86 bits per heavy atom. The first-order valence-electron chi connectivity index (χ1n) is 6.26. The van der Waals surface area contributed by atoms with Crippen molar-refractivity contribution in [2.75, 3.05) is 6.61 Å². The maximum absolute atomic E-state index is 12.2. The minimum atomic E-state index is -0.0914. The number of carbonyl (C=O) groups is 1. The van der Waals surface area contributed by atoms with Gasteiger partial charge in [0, 0.05) is 16.1 Å². The Hall–Kier alpha value is -1.03. The van der Waals surface area contributed by atoms with Gasteiger partial charge >= 0.3 is 0 Å². The number of ketones is 1. The summed E-state index contributed by atoms with van der Waals surface area (Å²) in [5.41, 5.74) is 2.62. The average molecular weight is 388 g/mol. The molecule has 0 amide bonds. The molecular formula is C16H13BrCl2O2. The van der Waals surface area contributed by atoms with Crippen molar-refractivity contribution in [3.63, 3.8) is 0 Å². The van der Waals surface area contributed by atoms with Gasteiger partial charge in [-0.25, -0.2) is 0 Å². The molecular weight excluding hydrogens is 375 g/mol. The fraction of sp³-hybridized carbons (Fsp3) is 0.188. The van der Waals surface area contributed by atoms with E-state index in [9.17, 15) is 4.79 Å². The first kappa shape index (κ1) is 16.3. The monoisotopic (exact) mass is 386 g/mol. The minimum absolute atomic E-state index is 0.0814. The third-order valence-corrected chi connectivity index (χ3v) is 4.52. The Morgan fingerprint density at radius 1 is 1.14 bits per heavy atom. The molecule has 0 aromatic heterocycles. The Bertz CT molecular complexity index is 699. The van der Waals surface area contributed by atoms with Gasteiger partial charge in [0.2, 0.25) is 0 Å². The van der Waals surface area contributed by atoms with Gasteiger partial charge in [-0.3, -0.25) is 4.79 Å². The zero-order valence-corrected chi connectivity index (χ0v) is 14.6. The van der Waals surface area contributed by atoms with Crippen LogP contribution in [-0.2, 0) is 0 Å². The fourth-order valence-corrected chi connectivity index (χ4v) is 2.72. The number of aryl methyl sites for hydroxylation is 2. The van der Waals surface area contributed by atoms with E-state index in [1.807, 2.05) is 32.0 Å². The lowest BCUT2D eigenvalue weighted by atomic mass is 10.0. The predicted molar refractivity (Wildman–Crippen MR) is 89.9 cm³/mol. The van der Waals surface area contributed by atoms with Gasteiger partial charge in [-0.05, 0) is 47.5 Å². The highest BCUT2D eigenvalue weighted by Gasteiger charge is 2.12.